The molecule has 0 fully saturated rings. The van der Waals surface area contributed by atoms with Crippen LogP contribution in [-0.2, 0) is 4.79 Å². The number of hydrogen-bond donors (Lipinski definition) is 3. The fraction of sp³-hybridized carbons (Fsp3) is 0.357. The Morgan fingerprint density at radius 3 is 2.50 bits per heavy atom. The number of nitrogens with two attached hydrogens (primary N) is 1. The minimum atomic E-state index is -0.932. The summed E-state index contributed by atoms with van der Waals surface area (Å²) in [5.41, 5.74) is 5.65. The highest BCUT2D eigenvalue weighted by atomic mass is 16.4. The van der Waals surface area contributed by atoms with Crippen molar-refractivity contribution in [2.75, 3.05) is 6.54 Å². The number of nitrogens with one attached hydrogen (secondary N) is 1. The van der Waals surface area contributed by atoms with Gasteiger partial charge in [0.2, 0.25) is 5.91 Å². The van der Waals surface area contributed by atoms with Gasteiger partial charge < -0.3 is 16.2 Å². The molecule has 0 aromatic heterocycles. The van der Waals surface area contributed by atoms with Crippen molar-refractivity contribution >= 4 is 17.8 Å². The van der Waals surface area contributed by atoms with Crippen LogP contribution in [0.3, 0.4) is 0 Å². The Kier molecular flexibility index (Phi) is 5.71. The molecular weight excluding hydrogens is 260 g/mol. The fourth-order valence-electron chi connectivity index (χ4n) is 1.79. The maximum Gasteiger partial charge on any atom is 0.308 e. The number of carboxylic acids is 1. The van der Waals surface area contributed by atoms with E-state index in [1.54, 1.807) is 6.07 Å². The first-order valence-electron chi connectivity index (χ1n) is 6.36. The second kappa shape index (κ2) is 7.28. The summed E-state index contributed by atoms with van der Waals surface area (Å²) in [4.78, 5) is 33.9. The van der Waals surface area contributed by atoms with Crippen molar-refractivity contribution in [2.45, 2.75) is 19.8 Å². The minimum Gasteiger partial charge on any atom is -0.481 e. The maximum atomic E-state index is 11.9. The number of primary amides is 1. The van der Waals surface area contributed by atoms with Gasteiger partial charge in [-0.3, -0.25) is 14.4 Å². The number of benzene rings is 1. The van der Waals surface area contributed by atoms with Crippen LogP contribution in [0.4, 0.5) is 0 Å². The Labute approximate surface area is 117 Å². The summed E-state index contributed by atoms with van der Waals surface area (Å²) in [7, 11) is 0. The molecule has 4 N–H and O–H groups in total. The minimum absolute atomic E-state index is 0.0583. The highest BCUT2D eigenvalue weighted by Crippen LogP contribution is 2.07. The lowest BCUT2D eigenvalue weighted by Crippen LogP contribution is -2.33. The third kappa shape index (κ3) is 4.38. The number of carboxylic acid groups (broad SMARTS) is 1. The molecule has 2 amide bonds. The molecule has 1 atom stereocenters. The van der Waals surface area contributed by atoms with Gasteiger partial charge in [0, 0.05) is 17.7 Å². The van der Waals surface area contributed by atoms with Crippen molar-refractivity contribution in [2.24, 2.45) is 11.7 Å². The summed E-state index contributed by atoms with van der Waals surface area (Å²) in [5.74, 6) is -2.58. The van der Waals surface area contributed by atoms with Gasteiger partial charge >= 0.3 is 5.97 Å². The first-order valence-corrected chi connectivity index (χ1v) is 6.36. The molecule has 108 valence electrons. The second-order valence-electron chi connectivity index (χ2n) is 4.48. The van der Waals surface area contributed by atoms with Crippen molar-refractivity contribution in [3.8, 4) is 0 Å². The van der Waals surface area contributed by atoms with E-state index >= 15 is 0 Å². The summed E-state index contributed by atoms with van der Waals surface area (Å²) in [6.45, 7) is 1.94. The van der Waals surface area contributed by atoms with Crippen LogP contribution in [0, 0.1) is 5.92 Å². The Morgan fingerprint density at radius 2 is 1.95 bits per heavy atom. The molecule has 1 rings (SSSR count). The average Bonchev–Trinajstić information content (AvgIpc) is 2.42. The van der Waals surface area contributed by atoms with E-state index in [-0.39, 0.29) is 17.7 Å². The van der Waals surface area contributed by atoms with Crippen LogP contribution < -0.4 is 11.1 Å². The summed E-state index contributed by atoms with van der Waals surface area (Å²) in [5, 5.41) is 11.6. The topological polar surface area (TPSA) is 109 Å². The van der Waals surface area contributed by atoms with Gasteiger partial charge in [-0.25, -0.2) is 0 Å². The number of amides is 2. The molecule has 0 bridgehead atoms. The Hall–Kier alpha value is -2.37. The van der Waals surface area contributed by atoms with Gasteiger partial charge in [0.05, 0.1) is 5.92 Å². The van der Waals surface area contributed by atoms with Crippen molar-refractivity contribution in [3.05, 3.63) is 35.4 Å². The summed E-state index contributed by atoms with van der Waals surface area (Å²) < 4.78 is 0. The number of carbonyl (C=O) groups is 3. The lowest BCUT2D eigenvalue weighted by Gasteiger charge is -2.12. The molecule has 6 nitrogen and oxygen atoms in total. The largest absolute Gasteiger partial charge is 0.481 e. The third-order valence-corrected chi connectivity index (χ3v) is 2.90. The van der Waals surface area contributed by atoms with Gasteiger partial charge in [0.25, 0.3) is 5.91 Å². The van der Waals surface area contributed by atoms with E-state index in [0.29, 0.717) is 6.42 Å². The van der Waals surface area contributed by atoms with Crippen LogP contribution in [-0.4, -0.2) is 29.4 Å². The molecule has 1 aromatic carbocycles. The first kappa shape index (κ1) is 15.7. The van der Waals surface area contributed by atoms with Gasteiger partial charge in [-0.05, 0) is 24.6 Å². The van der Waals surface area contributed by atoms with Crippen LogP contribution in [0.5, 0.6) is 0 Å². The van der Waals surface area contributed by atoms with Gasteiger partial charge in [-0.1, -0.05) is 19.4 Å². The predicted molar refractivity (Wildman–Crippen MR) is 73.3 cm³/mol. The van der Waals surface area contributed by atoms with Gasteiger partial charge in [-0.2, -0.15) is 0 Å². The molecule has 0 aliphatic rings. The average molecular weight is 278 g/mol. The molecule has 0 radical (unpaired) electrons. The van der Waals surface area contributed by atoms with Gasteiger partial charge in [-0.15, -0.1) is 0 Å². The zero-order valence-corrected chi connectivity index (χ0v) is 11.3. The normalized spacial score (nSPS) is 11.7. The van der Waals surface area contributed by atoms with Crippen LogP contribution in [0.25, 0.3) is 0 Å². The van der Waals surface area contributed by atoms with Gasteiger partial charge in [0.1, 0.15) is 0 Å². The van der Waals surface area contributed by atoms with E-state index < -0.39 is 23.7 Å². The smallest absolute Gasteiger partial charge is 0.308 e. The van der Waals surface area contributed by atoms with Crippen molar-refractivity contribution in [1.29, 1.82) is 0 Å². The summed E-state index contributed by atoms with van der Waals surface area (Å²) in [6, 6.07) is 5.98. The quantitative estimate of drug-likeness (QED) is 0.691. The SMILES string of the molecule is CCCC(CNC(=O)c1cccc(C(N)=O)c1)C(=O)O. The molecule has 20 heavy (non-hydrogen) atoms. The third-order valence-electron chi connectivity index (χ3n) is 2.90. The number of aliphatic carboxylic acids is 1. The number of hydrogen-bond acceptors (Lipinski definition) is 3. The van der Waals surface area contributed by atoms with E-state index in [1.807, 2.05) is 6.92 Å². The van der Waals surface area contributed by atoms with Crippen molar-refractivity contribution < 1.29 is 19.5 Å². The Balaban J connectivity index is 2.69. The van der Waals surface area contributed by atoms with Crippen LogP contribution in [0.15, 0.2) is 24.3 Å². The van der Waals surface area contributed by atoms with Crippen LogP contribution in [0.2, 0.25) is 0 Å². The highest BCUT2D eigenvalue weighted by molar-refractivity contribution is 5.99. The monoisotopic (exact) mass is 278 g/mol. The number of rotatable bonds is 7. The Morgan fingerprint density at radius 1 is 1.30 bits per heavy atom. The van der Waals surface area contributed by atoms with E-state index in [2.05, 4.69) is 5.32 Å². The van der Waals surface area contributed by atoms with E-state index in [0.717, 1.165) is 6.42 Å². The molecule has 0 saturated carbocycles. The molecular formula is C14H18N2O4. The van der Waals surface area contributed by atoms with Crippen molar-refractivity contribution in [1.82, 2.24) is 5.32 Å². The second-order valence-corrected chi connectivity index (χ2v) is 4.48. The number of carbonyl (C=O) groups excluding carboxylic acids is 2. The molecule has 0 spiro atoms. The highest BCUT2D eigenvalue weighted by Gasteiger charge is 2.17. The summed E-state index contributed by atoms with van der Waals surface area (Å²) in [6.07, 6.45) is 1.22. The van der Waals surface area contributed by atoms with Crippen LogP contribution in [0.1, 0.15) is 40.5 Å². The lowest BCUT2D eigenvalue weighted by atomic mass is 10.0. The zero-order chi connectivity index (χ0) is 15.1. The van der Waals surface area contributed by atoms with E-state index in [9.17, 15) is 14.4 Å². The predicted octanol–water partition coefficient (Wildman–Crippen LogP) is 1.02. The molecule has 0 heterocycles. The molecule has 0 saturated heterocycles. The zero-order valence-electron chi connectivity index (χ0n) is 11.3. The molecule has 0 aliphatic heterocycles. The lowest BCUT2D eigenvalue weighted by molar-refractivity contribution is -0.141. The van der Waals surface area contributed by atoms with Crippen molar-refractivity contribution in [3.63, 3.8) is 0 Å². The van der Waals surface area contributed by atoms with Gasteiger partial charge in [0.15, 0.2) is 0 Å². The summed E-state index contributed by atoms with van der Waals surface area (Å²) >= 11 is 0. The fourth-order valence-corrected chi connectivity index (χ4v) is 1.79. The Bertz CT molecular complexity index is 514. The van der Waals surface area contributed by atoms with E-state index in [1.165, 1.54) is 18.2 Å². The molecule has 1 unspecified atom stereocenters. The molecule has 0 aliphatic carbocycles. The first-order chi connectivity index (χ1) is 9.45. The molecule has 1 aromatic rings. The molecule has 6 heteroatoms. The maximum absolute atomic E-state index is 11.9. The van der Waals surface area contributed by atoms with E-state index in [4.69, 9.17) is 10.8 Å². The van der Waals surface area contributed by atoms with Crippen LogP contribution >= 0.6 is 0 Å². The standard InChI is InChI=1S/C14H18N2O4/c1-2-4-11(14(19)20)8-16-13(18)10-6-3-5-9(7-10)12(15)17/h3,5-7,11H,2,4,8H2,1H3,(H2,15,17)(H,16,18)(H,19,20).